The second kappa shape index (κ2) is 4.25. The molecule has 0 spiro atoms. The van der Waals surface area contributed by atoms with Crippen LogP contribution in [0.15, 0.2) is 18.2 Å². The van der Waals surface area contributed by atoms with Gasteiger partial charge < -0.3 is 4.55 Å². The first-order valence-electron chi connectivity index (χ1n) is 3.44. The second-order valence-electron chi connectivity index (χ2n) is 2.44. The first-order chi connectivity index (χ1) is 6.13. The zero-order chi connectivity index (χ0) is 9.84. The van der Waals surface area contributed by atoms with Gasteiger partial charge in [-0.15, -0.1) is 0 Å². The molecule has 1 N–H and O–H groups in total. The normalized spacial score (nSPS) is 12.5. The lowest BCUT2D eigenvalue weighted by molar-refractivity contribution is 0.111. The Kier molecular flexibility index (Phi) is 3.27. The molecule has 1 atom stereocenters. The molecule has 0 saturated heterocycles. The van der Waals surface area contributed by atoms with E-state index >= 15 is 0 Å². The number of rotatable bonds is 3. The SMILES string of the molecule is O=Cc1cc(CS(=O)O)ccc1F. The molecule has 1 aromatic rings. The van der Waals surface area contributed by atoms with E-state index in [1.165, 1.54) is 12.1 Å². The van der Waals surface area contributed by atoms with Crippen LogP contribution in [0.25, 0.3) is 0 Å². The van der Waals surface area contributed by atoms with Crippen molar-refractivity contribution in [1.29, 1.82) is 0 Å². The maximum atomic E-state index is 12.7. The van der Waals surface area contributed by atoms with Gasteiger partial charge in [0.05, 0.1) is 11.3 Å². The highest BCUT2D eigenvalue weighted by Gasteiger charge is 2.03. The van der Waals surface area contributed by atoms with Crippen molar-refractivity contribution in [3.05, 3.63) is 35.1 Å². The van der Waals surface area contributed by atoms with Gasteiger partial charge in [-0.25, -0.2) is 8.60 Å². The van der Waals surface area contributed by atoms with Gasteiger partial charge >= 0.3 is 0 Å². The molecular formula is C8H7FO3S. The van der Waals surface area contributed by atoms with E-state index in [9.17, 15) is 13.4 Å². The largest absolute Gasteiger partial charge is 0.306 e. The molecule has 0 aromatic heterocycles. The fourth-order valence-electron chi connectivity index (χ4n) is 0.916. The van der Waals surface area contributed by atoms with Crippen molar-refractivity contribution in [3.8, 4) is 0 Å². The van der Waals surface area contributed by atoms with Gasteiger partial charge in [-0.3, -0.25) is 4.79 Å². The van der Waals surface area contributed by atoms with Crippen LogP contribution in [0.5, 0.6) is 0 Å². The summed E-state index contributed by atoms with van der Waals surface area (Å²) < 4.78 is 31.6. The van der Waals surface area contributed by atoms with Gasteiger partial charge in [0, 0.05) is 0 Å². The first-order valence-corrected chi connectivity index (χ1v) is 4.72. The van der Waals surface area contributed by atoms with Crippen LogP contribution in [0.1, 0.15) is 15.9 Å². The van der Waals surface area contributed by atoms with Crippen LogP contribution in [0.2, 0.25) is 0 Å². The monoisotopic (exact) mass is 202 g/mol. The van der Waals surface area contributed by atoms with Crippen LogP contribution in [-0.2, 0) is 16.8 Å². The fraction of sp³-hybridized carbons (Fsp3) is 0.125. The Morgan fingerprint density at radius 3 is 2.77 bits per heavy atom. The number of halogens is 1. The van der Waals surface area contributed by atoms with Gasteiger partial charge in [0.15, 0.2) is 17.4 Å². The van der Waals surface area contributed by atoms with E-state index in [1.807, 2.05) is 0 Å². The molecule has 5 heteroatoms. The zero-order valence-corrected chi connectivity index (χ0v) is 7.38. The Morgan fingerprint density at radius 2 is 2.23 bits per heavy atom. The Balaban J connectivity index is 2.99. The molecular weight excluding hydrogens is 195 g/mol. The summed E-state index contributed by atoms with van der Waals surface area (Å²) >= 11 is -1.97. The Bertz CT molecular complexity index is 351. The van der Waals surface area contributed by atoms with Crippen LogP contribution < -0.4 is 0 Å². The summed E-state index contributed by atoms with van der Waals surface area (Å²) in [6.07, 6.45) is 0.374. The number of carbonyl (C=O) groups excluding carboxylic acids is 1. The van der Waals surface area contributed by atoms with Gasteiger partial charge in [-0.1, -0.05) is 6.07 Å². The van der Waals surface area contributed by atoms with Gasteiger partial charge in [-0.05, 0) is 17.7 Å². The average molecular weight is 202 g/mol. The first kappa shape index (κ1) is 10.0. The number of benzene rings is 1. The molecule has 0 saturated carbocycles. The van der Waals surface area contributed by atoms with Crippen molar-refractivity contribution in [2.75, 3.05) is 0 Å². The van der Waals surface area contributed by atoms with E-state index < -0.39 is 16.9 Å². The summed E-state index contributed by atoms with van der Waals surface area (Å²) in [5.74, 6) is -0.719. The lowest BCUT2D eigenvalue weighted by Crippen LogP contribution is -1.96. The summed E-state index contributed by atoms with van der Waals surface area (Å²) in [5, 5.41) is 0. The van der Waals surface area contributed by atoms with Crippen LogP contribution in [0, 0.1) is 5.82 Å². The van der Waals surface area contributed by atoms with E-state index in [2.05, 4.69) is 0 Å². The number of carbonyl (C=O) groups is 1. The van der Waals surface area contributed by atoms with E-state index in [4.69, 9.17) is 4.55 Å². The summed E-state index contributed by atoms with van der Waals surface area (Å²) in [6, 6.07) is 3.73. The van der Waals surface area contributed by atoms with Crippen molar-refractivity contribution in [2.45, 2.75) is 5.75 Å². The predicted octanol–water partition coefficient (Wildman–Crippen LogP) is 1.36. The molecule has 0 amide bonds. The van der Waals surface area contributed by atoms with Crippen molar-refractivity contribution < 1.29 is 17.9 Å². The van der Waals surface area contributed by atoms with Gasteiger partial charge in [0.25, 0.3) is 0 Å². The predicted molar refractivity (Wildman–Crippen MR) is 46.3 cm³/mol. The van der Waals surface area contributed by atoms with Crippen molar-refractivity contribution in [1.82, 2.24) is 0 Å². The highest BCUT2D eigenvalue weighted by Crippen LogP contribution is 2.09. The Morgan fingerprint density at radius 1 is 1.54 bits per heavy atom. The molecule has 0 aliphatic rings. The molecule has 13 heavy (non-hydrogen) atoms. The summed E-state index contributed by atoms with van der Waals surface area (Å²) in [7, 11) is 0. The number of hydrogen-bond donors (Lipinski definition) is 1. The molecule has 0 aliphatic heterocycles. The zero-order valence-electron chi connectivity index (χ0n) is 6.57. The molecule has 0 fully saturated rings. The third-order valence-electron chi connectivity index (χ3n) is 1.48. The molecule has 0 bridgehead atoms. The average Bonchev–Trinajstić information content (AvgIpc) is 2.07. The summed E-state index contributed by atoms with van der Waals surface area (Å²) in [4.78, 5) is 10.3. The number of hydrogen-bond acceptors (Lipinski definition) is 2. The summed E-state index contributed by atoms with van der Waals surface area (Å²) in [6.45, 7) is 0. The summed E-state index contributed by atoms with van der Waals surface area (Å²) in [5.41, 5.74) is 0.368. The lowest BCUT2D eigenvalue weighted by Gasteiger charge is -1.99. The minimum absolute atomic E-state index is 0.0945. The minimum atomic E-state index is -1.97. The molecule has 3 nitrogen and oxygen atoms in total. The quantitative estimate of drug-likeness (QED) is 0.594. The maximum Gasteiger partial charge on any atom is 0.157 e. The van der Waals surface area contributed by atoms with E-state index in [-0.39, 0.29) is 11.3 Å². The maximum absolute atomic E-state index is 12.7. The van der Waals surface area contributed by atoms with Crippen LogP contribution in [0.3, 0.4) is 0 Å². The smallest absolute Gasteiger partial charge is 0.157 e. The fourth-order valence-corrected chi connectivity index (χ4v) is 1.38. The van der Waals surface area contributed by atoms with Gasteiger partial charge in [0.1, 0.15) is 5.82 Å². The molecule has 1 aromatic carbocycles. The molecule has 0 radical (unpaired) electrons. The molecule has 70 valence electrons. The minimum Gasteiger partial charge on any atom is -0.306 e. The van der Waals surface area contributed by atoms with Crippen LogP contribution in [-0.4, -0.2) is 15.0 Å². The van der Waals surface area contributed by atoms with Crippen LogP contribution >= 0.6 is 0 Å². The molecule has 0 heterocycles. The van der Waals surface area contributed by atoms with Gasteiger partial charge in [0.2, 0.25) is 0 Å². The van der Waals surface area contributed by atoms with E-state index in [0.29, 0.717) is 11.8 Å². The Hall–Kier alpha value is -1.07. The van der Waals surface area contributed by atoms with Crippen LogP contribution in [0.4, 0.5) is 4.39 Å². The second-order valence-corrected chi connectivity index (χ2v) is 3.37. The highest BCUT2D eigenvalue weighted by molar-refractivity contribution is 7.78. The van der Waals surface area contributed by atoms with E-state index in [1.54, 1.807) is 0 Å². The third-order valence-corrected chi connectivity index (χ3v) is 2.06. The molecule has 0 aliphatic carbocycles. The van der Waals surface area contributed by atoms with Crippen molar-refractivity contribution in [2.24, 2.45) is 0 Å². The van der Waals surface area contributed by atoms with Crippen molar-refractivity contribution in [3.63, 3.8) is 0 Å². The third kappa shape index (κ3) is 2.71. The van der Waals surface area contributed by atoms with E-state index in [0.717, 1.165) is 6.07 Å². The van der Waals surface area contributed by atoms with Gasteiger partial charge in [-0.2, -0.15) is 0 Å². The standard InChI is InChI=1S/C8H7FO3S/c9-8-2-1-6(5-13(11)12)3-7(8)4-10/h1-4H,5H2,(H,11,12). The lowest BCUT2D eigenvalue weighted by atomic mass is 10.1. The Labute approximate surface area is 76.9 Å². The van der Waals surface area contributed by atoms with Crippen molar-refractivity contribution >= 4 is 17.4 Å². The molecule has 1 unspecified atom stereocenters. The topological polar surface area (TPSA) is 54.4 Å². The highest BCUT2D eigenvalue weighted by atomic mass is 32.2. The number of aldehydes is 1. The molecule has 1 rings (SSSR count).